The van der Waals surface area contributed by atoms with Gasteiger partial charge in [-0.1, -0.05) is 18.6 Å². The zero-order chi connectivity index (χ0) is 25.2. The van der Waals surface area contributed by atoms with E-state index in [0.29, 0.717) is 22.5 Å². The molecule has 1 amide bonds. The summed E-state index contributed by atoms with van der Waals surface area (Å²) in [4.78, 5) is 25.1. The highest BCUT2D eigenvalue weighted by atomic mass is 19.4. The van der Waals surface area contributed by atoms with E-state index in [9.17, 15) is 18.0 Å². The van der Waals surface area contributed by atoms with Crippen LogP contribution < -0.4 is 10.6 Å². The van der Waals surface area contributed by atoms with E-state index in [0.717, 1.165) is 38.4 Å². The molecule has 0 aliphatic heterocycles. The van der Waals surface area contributed by atoms with Gasteiger partial charge in [0.05, 0.1) is 24.0 Å². The van der Waals surface area contributed by atoms with Gasteiger partial charge in [-0.3, -0.25) is 5.32 Å². The van der Waals surface area contributed by atoms with Crippen molar-refractivity contribution < 1.29 is 22.7 Å². The van der Waals surface area contributed by atoms with Crippen LogP contribution in [0.2, 0.25) is 0 Å². The number of nitrogens with zero attached hydrogens (tertiary/aromatic N) is 3. The number of halogens is 3. The average Bonchev–Trinajstić information content (AvgIpc) is 3.23. The third-order valence-electron chi connectivity index (χ3n) is 6.23. The molecule has 11 heteroatoms. The average molecular weight is 491 g/mol. The molecule has 0 unspecified atom stereocenters. The summed E-state index contributed by atoms with van der Waals surface area (Å²) in [6, 6.07) is 5.04. The number of ether oxygens (including phenoxy) is 1. The Labute approximate surface area is 201 Å². The summed E-state index contributed by atoms with van der Waals surface area (Å²) in [5.74, 6) is 0.682. The van der Waals surface area contributed by atoms with Crippen molar-refractivity contribution in [2.24, 2.45) is 5.92 Å². The van der Waals surface area contributed by atoms with E-state index in [1.54, 1.807) is 18.2 Å². The lowest BCUT2D eigenvalue weighted by atomic mass is 9.85. The van der Waals surface area contributed by atoms with Crippen LogP contribution in [0, 0.1) is 5.92 Å². The molecule has 1 fully saturated rings. The van der Waals surface area contributed by atoms with Gasteiger partial charge in [-0.25, -0.2) is 14.8 Å². The molecule has 35 heavy (non-hydrogen) atoms. The van der Waals surface area contributed by atoms with Crippen LogP contribution in [0.5, 0.6) is 0 Å². The Balaban J connectivity index is 1.69. The van der Waals surface area contributed by atoms with E-state index in [1.807, 2.05) is 14.1 Å². The van der Waals surface area contributed by atoms with Crippen LogP contribution in [0.3, 0.4) is 0 Å². The van der Waals surface area contributed by atoms with Gasteiger partial charge in [0.2, 0.25) is 5.95 Å². The minimum absolute atomic E-state index is 0.0946. The summed E-state index contributed by atoms with van der Waals surface area (Å²) in [5.41, 5.74) is -0.0365. The quantitative estimate of drug-likeness (QED) is 0.431. The molecule has 0 spiro atoms. The summed E-state index contributed by atoms with van der Waals surface area (Å²) in [5, 5.41) is 6.31. The Bertz CT molecular complexity index is 1190. The van der Waals surface area contributed by atoms with Gasteiger partial charge in [-0.05, 0) is 45.3 Å². The van der Waals surface area contributed by atoms with Gasteiger partial charge in [0.25, 0.3) is 0 Å². The number of hydrogen-bond donors (Lipinski definition) is 3. The molecule has 3 aromatic rings. The zero-order valence-corrected chi connectivity index (χ0v) is 19.9. The fourth-order valence-electron chi connectivity index (χ4n) is 4.77. The van der Waals surface area contributed by atoms with Gasteiger partial charge >= 0.3 is 12.3 Å². The van der Waals surface area contributed by atoms with Crippen LogP contribution in [0.1, 0.15) is 31.2 Å². The first-order valence-corrected chi connectivity index (χ1v) is 11.5. The molecular weight excluding hydrogens is 461 g/mol. The first-order chi connectivity index (χ1) is 16.7. The number of fused-ring (bicyclic) bond motifs is 1. The molecule has 0 bridgehead atoms. The third kappa shape index (κ3) is 5.67. The van der Waals surface area contributed by atoms with Crippen LogP contribution in [-0.4, -0.2) is 59.7 Å². The number of aromatic amines is 1. The Morgan fingerprint density at radius 1 is 1.29 bits per heavy atom. The number of aromatic nitrogens is 3. The minimum Gasteiger partial charge on any atom is -0.453 e. The summed E-state index contributed by atoms with van der Waals surface area (Å²) in [6.07, 6.45) is 0.976. The fourth-order valence-corrected chi connectivity index (χ4v) is 4.77. The second kappa shape index (κ2) is 10.1. The third-order valence-corrected chi connectivity index (χ3v) is 6.23. The SMILES string of the molecule is COC(=O)Nc1cccc2c(-c3nc(N[C@H]4CCC[C@@H](CN(C)C)C4)ncc3C(F)(F)F)c[nH]c12. The second-order valence-corrected chi connectivity index (χ2v) is 9.14. The maximum absolute atomic E-state index is 13.9. The van der Waals surface area contributed by atoms with E-state index in [1.165, 1.54) is 13.3 Å². The van der Waals surface area contributed by atoms with Crippen LogP contribution in [0.15, 0.2) is 30.6 Å². The van der Waals surface area contributed by atoms with Crippen molar-refractivity contribution in [3.8, 4) is 11.3 Å². The Hall–Kier alpha value is -3.34. The van der Waals surface area contributed by atoms with Crippen molar-refractivity contribution in [2.75, 3.05) is 38.4 Å². The number of methoxy groups -OCH3 is 1. The van der Waals surface area contributed by atoms with E-state index >= 15 is 0 Å². The maximum atomic E-state index is 13.9. The molecule has 1 aromatic carbocycles. The van der Waals surface area contributed by atoms with Crippen LogP contribution in [0.4, 0.5) is 29.6 Å². The molecular formula is C24H29F3N6O2. The van der Waals surface area contributed by atoms with Crippen molar-refractivity contribution in [1.82, 2.24) is 19.9 Å². The highest BCUT2D eigenvalue weighted by Crippen LogP contribution is 2.40. The van der Waals surface area contributed by atoms with Crippen molar-refractivity contribution in [3.63, 3.8) is 0 Å². The van der Waals surface area contributed by atoms with Gasteiger partial charge < -0.3 is 19.9 Å². The number of amides is 1. The molecule has 2 aromatic heterocycles. The summed E-state index contributed by atoms with van der Waals surface area (Å²) >= 11 is 0. The summed E-state index contributed by atoms with van der Waals surface area (Å²) < 4.78 is 46.4. The number of benzene rings is 1. The molecule has 8 nitrogen and oxygen atoms in total. The monoisotopic (exact) mass is 490 g/mol. The van der Waals surface area contributed by atoms with Crippen molar-refractivity contribution in [2.45, 2.75) is 37.9 Å². The molecule has 188 valence electrons. The molecule has 0 radical (unpaired) electrons. The van der Waals surface area contributed by atoms with E-state index in [2.05, 4.69) is 35.2 Å². The van der Waals surface area contributed by atoms with E-state index in [4.69, 9.17) is 0 Å². The van der Waals surface area contributed by atoms with E-state index < -0.39 is 17.8 Å². The smallest absolute Gasteiger partial charge is 0.419 e. The number of carbonyl (C=O) groups excluding carboxylic acids is 1. The lowest BCUT2D eigenvalue weighted by Gasteiger charge is -2.31. The number of para-hydroxylation sites is 1. The number of hydrogen-bond acceptors (Lipinski definition) is 6. The molecule has 2 atom stereocenters. The topological polar surface area (TPSA) is 95.2 Å². The molecule has 1 aliphatic rings. The highest BCUT2D eigenvalue weighted by Gasteiger charge is 2.36. The Morgan fingerprint density at radius 3 is 2.80 bits per heavy atom. The molecule has 3 N–H and O–H groups in total. The second-order valence-electron chi connectivity index (χ2n) is 9.14. The standard InChI is InChI=1S/C24H29F3N6O2/c1-33(2)13-14-6-4-7-15(10-14)30-22-29-12-18(24(25,26)27)20(32-22)17-11-28-21-16(17)8-5-9-19(21)31-23(34)35-3/h5,8-9,11-12,14-15,28H,4,6-7,10,13H2,1-3H3,(H,31,34)(H,29,30,32)/t14-,15+/m1/s1. The van der Waals surface area contributed by atoms with Crippen molar-refractivity contribution in [1.29, 1.82) is 0 Å². The van der Waals surface area contributed by atoms with Crippen molar-refractivity contribution >= 4 is 28.6 Å². The lowest BCUT2D eigenvalue weighted by Crippen LogP contribution is -2.33. The number of carbonyl (C=O) groups is 1. The predicted octanol–water partition coefficient (Wildman–Crippen LogP) is 5.35. The first kappa shape index (κ1) is 24.8. The number of H-pyrrole nitrogens is 1. The van der Waals surface area contributed by atoms with Gasteiger partial charge in [0.1, 0.15) is 5.56 Å². The number of nitrogens with one attached hydrogen (secondary N) is 3. The number of anilines is 2. The van der Waals surface area contributed by atoms with Gasteiger partial charge in [-0.15, -0.1) is 0 Å². The van der Waals surface area contributed by atoms with Crippen molar-refractivity contribution in [3.05, 3.63) is 36.2 Å². The van der Waals surface area contributed by atoms with E-state index in [-0.39, 0.29) is 23.2 Å². The minimum atomic E-state index is -4.64. The maximum Gasteiger partial charge on any atom is 0.419 e. The molecule has 2 heterocycles. The molecule has 1 saturated carbocycles. The summed E-state index contributed by atoms with van der Waals surface area (Å²) in [6.45, 7) is 0.967. The fraction of sp³-hybridized carbons (Fsp3) is 0.458. The normalized spacial score (nSPS) is 18.6. The molecule has 1 aliphatic carbocycles. The van der Waals surface area contributed by atoms with Crippen LogP contribution in [0.25, 0.3) is 22.2 Å². The molecule has 0 saturated heterocycles. The number of rotatable bonds is 6. The number of alkyl halides is 3. The predicted molar refractivity (Wildman–Crippen MR) is 128 cm³/mol. The Kier molecular flexibility index (Phi) is 7.15. The van der Waals surface area contributed by atoms with Crippen LogP contribution >= 0.6 is 0 Å². The first-order valence-electron chi connectivity index (χ1n) is 11.5. The Morgan fingerprint density at radius 2 is 2.09 bits per heavy atom. The van der Waals surface area contributed by atoms with Crippen LogP contribution in [-0.2, 0) is 10.9 Å². The van der Waals surface area contributed by atoms with Gasteiger partial charge in [-0.2, -0.15) is 13.2 Å². The zero-order valence-electron chi connectivity index (χ0n) is 19.9. The lowest BCUT2D eigenvalue weighted by molar-refractivity contribution is -0.137. The van der Waals surface area contributed by atoms with Gasteiger partial charge in [0.15, 0.2) is 0 Å². The largest absolute Gasteiger partial charge is 0.453 e. The highest BCUT2D eigenvalue weighted by molar-refractivity contribution is 6.04. The van der Waals surface area contributed by atoms with Gasteiger partial charge in [0, 0.05) is 35.9 Å². The molecule has 4 rings (SSSR count). The summed E-state index contributed by atoms with van der Waals surface area (Å²) in [7, 11) is 5.31.